The van der Waals surface area contributed by atoms with Crippen LogP contribution in [-0.2, 0) is 11.3 Å². The number of benzene rings is 3. The van der Waals surface area contributed by atoms with Gasteiger partial charge in [-0.15, -0.1) is 10.2 Å². The second-order valence-corrected chi connectivity index (χ2v) is 8.81. The molecule has 0 saturated carbocycles. The summed E-state index contributed by atoms with van der Waals surface area (Å²) < 4.78 is 7.97. The minimum Gasteiger partial charge on any atom is -0.455 e. The Kier molecular flexibility index (Phi) is 7.34. The molecule has 0 atom stereocenters. The molecule has 7 nitrogen and oxygen atoms in total. The van der Waals surface area contributed by atoms with Crippen molar-refractivity contribution in [2.24, 2.45) is 0 Å². The summed E-state index contributed by atoms with van der Waals surface area (Å²) in [7, 11) is 0. The molecule has 5 rings (SSSR count). The van der Waals surface area contributed by atoms with E-state index in [0.717, 1.165) is 11.1 Å². The van der Waals surface area contributed by atoms with Crippen molar-refractivity contribution in [3.63, 3.8) is 0 Å². The smallest absolute Gasteiger partial charge is 0.234 e. The van der Waals surface area contributed by atoms with E-state index in [1.165, 1.54) is 11.8 Å². The molecule has 1 N–H and O–H groups in total. The first-order valence-corrected chi connectivity index (χ1v) is 12.4. The Morgan fingerprint density at radius 1 is 0.861 bits per heavy atom. The number of pyridine rings is 1. The Hall–Kier alpha value is -4.43. The van der Waals surface area contributed by atoms with Gasteiger partial charge in [0, 0.05) is 18.0 Å². The molecular weight excluding hydrogens is 470 g/mol. The fourth-order valence-corrected chi connectivity index (χ4v) is 4.34. The Morgan fingerprint density at radius 3 is 2.39 bits per heavy atom. The van der Waals surface area contributed by atoms with Crippen molar-refractivity contribution in [1.82, 2.24) is 19.7 Å². The molecule has 1 amide bonds. The van der Waals surface area contributed by atoms with Gasteiger partial charge in [0.15, 0.2) is 16.7 Å². The summed E-state index contributed by atoms with van der Waals surface area (Å²) in [5.74, 6) is 1.98. The summed E-state index contributed by atoms with van der Waals surface area (Å²) in [5, 5.41) is 12.4. The van der Waals surface area contributed by atoms with Crippen molar-refractivity contribution in [3.05, 3.63) is 115 Å². The van der Waals surface area contributed by atoms with Gasteiger partial charge in [-0.05, 0) is 42.0 Å². The van der Waals surface area contributed by atoms with Gasteiger partial charge in [0.05, 0.1) is 18.0 Å². The van der Waals surface area contributed by atoms with Gasteiger partial charge in [-0.2, -0.15) is 0 Å². The summed E-state index contributed by atoms with van der Waals surface area (Å²) in [6, 6.07) is 30.7. The molecule has 3 aromatic carbocycles. The maximum Gasteiger partial charge on any atom is 0.234 e. The number of nitrogens with zero attached hydrogens (tertiary/aromatic N) is 4. The summed E-state index contributed by atoms with van der Waals surface area (Å²) in [5.41, 5.74) is 2.58. The van der Waals surface area contributed by atoms with Crippen LogP contribution >= 0.6 is 11.8 Å². The molecule has 0 saturated heterocycles. The number of rotatable bonds is 9. The number of carbonyl (C=O) groups excluding carboxylic acids is 1. The third-order valence-electron chi connectivity index (χ3n) is 5.28. The summed E-state index contributed by atoms with van der Waals surface area (Å²) >= 11 is 1.34. The van der Waals surface area contributed by atoms with Gasteiger partial charge < -0.3 is 10.1 Å². The van der Waals surface area contributed by atoms with Crippen molar-refractivity contribution in [2.75, 3.05) is 11.1 Å². The molecule has 8 heteroatoms. The molecule has 178 valence electrons. The highest BCUT2D eigenvalue weighted by Crippen LogP contribution is 2.30. The predicted molar refractivity (Wildman–Crippen MR) is 141 cm³/mol. The van der Waals surface area contributed by atoms with Gasteiger partial charge >= 0.3 is 0 Å². The highest BCUT2D eigenvalue weighted by atomic mass is 32.2. The van der Waals surface area contributed by atoms with Crippen LogP contribution in [0.25, 0.3) is 11.4 Å². The fraction of sp³-hybridized carbons (Fsp3) is 0.0714. The molecule has 0 fully saturated rings. The first-order valence-electron chi connectivity index (χ1n) is 11.4. The number of nitrogens with one attached hydrogen (secondary N) is 1. The number of hydrogen-bond donors (Lipinski definition) is 1. The molecule has 0 aliphatic heterocycles. The first kappa shape index (κ1) is 23.3. The van der Waals surface area contributed by atoms with Crippen LogP contribution in [0, 0.1) is 0 Å². The summed E-state index contributed by atoms with van der Waals surface area (Å²) in [6.45, 7) is 0.579. The van der Waals surface area contributed by atoms with Crippen LogP contribution in [0.4, 0.5) is 5.69 Å². The van der Waals surface area contributed by atoms with E-state index >= 15 is 0 Å². The van der Waals surface area contributed by atoms with Crippen LogP contribution < -0.4 is 10.1 Å². The van der Waals surface area contributed by atoms with E-state index in [1.807, 2.05) is 89.5 Å². The molecule has 0 aliphatic carbocycles. The topological polar surface area (TPSA) is 81.9 Å². The Bertz CT molecular complexity index is 1430. The zero-order valence-electron chi connectivity index (χ0n) is 19.3. The van der Waals surface area contributed by atoms with Crippen LogP contribution in [0.2, 0.25) is 0 Å². The quantitative estimate of drug-likeness (QED) is 0.257. The number of para-hydroxylation sites is 3. The van der Waals surface area contributed by atoms with Crippen LogP contribution in [0.5, 0.6) is 11.5 Å². The lowest BCUT2D eigenvalue weighted by Crippen LogP contribution is -2.15. The number of amides is 1. The summed E-state index contributed by atoms with van der Waals surface area (Å²) in [4.78, 5) is 17.1. The zero-order valence-corrected chi connectivity index (χ0v) is 20.1. The van der Waals surface area contributed by atoms with Crippen LogP contribution in [0.1, 0.15) is 5.56 Å². The predicted octanol–water partition coefficient (Wildman–Crippen LogP) is 5.91. The van der Waals surface area contributed by atoms with E-state index in [9.17, 15) is 4.79 Å². The van der Waals surface area contributed by atoms with Crippen LogP contribution in [0.3, 0.4) is 0 Å². The van der Waals surface area contributed by atoms with Crippen molar-refractivity contribution >= 4 is 23.4 Å². The second kappa shape index (κ2) is 11.3. The molecule has 0 bridgehead atoms. The molecule has 2 heterocycles. The summed E-state index contributed by atoms with van der Waals surface area (Å²) in [6.07, 6.45) is 3.48. The van der Waals surface area contributed by atoms with E-state index < -0.39 is 0 Å². The van der Waals surface area contributed by atoms with E-state index in [0.29, 0.717) is 34.7 Å². The molecule has 0 unspecified atom stereocenters. The van der Waals surface area contributed by atoms with E-state index in [2.05, 4.69) is 32.6 Å². The molecule has 2 aromatic heterocycles. The molecule has 5 aromatic rings. The van der Waals surface area contributed by atoms with Crippen LogP contribution in [0.15, 0.2) is 115 Å². The average molecular weight is 494 g/mol. The molecule has 0 aliphatic rings. The lowest BCUT2D eigenvalue weighted by molar-refractivity contribution is -0.113. The standard InChI is InChI=1S/C28H23N5O2S/c34-26(30-24-15-7-8-16-25(24)35-23-13-5-2-6-14-23)20-36-28-32-31-27(22-12-9-17-29-18-22)33(28)19-21-10-3-1-4-11-21/h1-18H,19-20H2,(H,30,34). The van der Waals surface area contributed by atoms with E-state index in [4.69, 9.17) is 4.74 Å². The van der Waals surface area contributed by atoms with Crippen LogP contribution in [-0.4, -0.2) is 31.4 Å². The fourth-order valence-electron chi connectivity index (χ4n) is 3.60. The minimum atomic E-state index is -0.165. The Labute approximate surface area is 213 Å². The number of thioether (sulfide) groups is 1. The number of hydrogen-bond acceptors (Lipinski definition) is 6. The number of ether oxygens (including phenoxy) is 1. The van der Waals surface area contributed by atoms with E-state index in [-0.39, 0.29) is 11.7 Å². The zero-order chi connectivity index (χ0) is 24.6. The van der Waals surface area contributed by atoms with Crippen molar-refractivity contribution < 1.29 is 9.53 Å². The number of carbonyl (C=O) groups is 1. The molecule has 0 radical (unpaired) electrons. The number of aromatic nitrogens is 4. The van der Waals surface area contributed by atoms with Crippen molar-refractivity contribution in [3.8, 4) is 22.9 Å². The highest BCUT2D eigenvalue weighted by Gasteiger charge is 2.17. The van der Waals surface area contributed by atoms with Gasteiger partial charge in [0.2, 0.25) is 5.91 Å². The monoisotopic (exact) mass is 493 g/mol. The third-order valence-corrected chi connectivity index (χ3v) is 6.25. The maximum absolute atomic E-state index is 12.9. The molecule has 36 heavy (non-hydrogen) atoms. The van der Waals surface area contributed by atoms with Gasteiger partial charge in [0.1, 0.15) is 5.75 Å². The third kappa shape index (κ3) is 5.79. The molecular formula is C28H23N5O2S. The van der Waals surface area contributed by atoms with E-state index in [1.54, 1.807) is 12.4 Å². The maximum atomic E-state index is 12.9. The number of anilines is 1. The Balaban J connectivity index is 1.31. The largest absolute Gasteiger partial charge is 0.455 e. The van der Waals surface area contributed by atoms with Gasteiger partial charge in [-0.25, -0.2) is 0 Å². The lowest BCUT2D eigenvalue weighted by Gasteiger charge is -2.13. The second-order valence-electron chi connectivity index (χ2n) is 7.87. The highest BCUT2D eigenvalue weighted by molar-refractivity contribution is 7.99. The van der Waals surface area contributed by atoms with Gasteiger partial charge in [-0.1, -0.05) is 72.4 Å². The minimum absolute atomic E-state index is 0.165. The van der Waals surface area contributed by atoms with Crippen molar-refractivity contribution in [2.45, 2.75) is 11.7 Å². The Morgan fingerprint density at radius 2 is 1.61 bits per heavy atom. The average Bonchev–Trinajstić information content (AvgIpc) is 3.32. The first-order chi connectivity index (χ1) is 17.8. The normalized spacial score (nSPS) is 10.7. The lowest BCUT2D eigenvalue weighted by atomic mass is 10.2. The van der Waals surface area contributed by atoms with Gasteiger partial charge in [0.25, 0.3) is 0 Å². The van der Waals surface area contributed by atoms with Gasteiger partial charge in [-0.3, -0.25) is 14.3 Å². The molecule has 0 spiro atoms. The SMILES string of the molecule is O=C(CSc1nnc(-c2cccnc2)n1Cc1ccccc1)Nc1ccccc1Oc1ccccc1. The van der Waals surface area contributed by atoms with Crippen molar-refractivity contribution in [1.29, 1.82) is 0 Å².